The largest absolute Gasteiger partial charge is 0.384 e. The Morgan fingerprint density at radius 1 is 1.42 bits per heavy atom. The second-order valence-corrected chi connectivity index (χ2v) is 5.38. The number of nitrogens with one attached hydrogen (secondary N) is 1. The first kappa shape index (κ1) is 15.8. The van der Waals surface area contributed by atoms with Gasteiger partial charge in [-0.25, -0.2) is 0 Å². The summed E-state index contributed by atoms with van der Waals surface area (Å²) in [6.07, 6.45) is 0. The summed E-state index contributed by atoms with van der Waals surface area (Å²) in [5.41, 5.74) is 7.12. The lowest BCUT2D eigenvalue weighted by Crippen LogP contribution is -2.40. The summed E-state index contributed by atoms with van der Waals surface area (Å²) in [5.74, 6) is 0.0397. The summed E-state index contributed by atoms with van der Waals surface area (Å²) >= 11 is 6.32. The highest BCUT2D eigenvalue weighted by Gasteiger charge is 2.16. The summed E-state index contributed by atoms with van der Waals surface area (Å²) in [5, 5.41) is 8.07. The van der Waals surface area contributed by atoms with E-state index in [2.05, 4.69) is 37.7 Å². The molecule has 0 aromatic heterocycles. The van der Waals surface area contributed by atoms with Crippen LogP contribution in [0.3, 0.4) is 0 Å². The molecule has 0 aliphatic heterocycles. The van der Waals surface area contributed by atoms with Gasteiger partial charge in [-0.1, -0.05) is 11.6 Å². The van der Waals surface area contributed by atoms with Gasteiger partial charge in [0.1, 0.15) is 5.84 Å². The smallest absolute Gasteiger partial charge is 0.122 e. The molecule has 0 aliphatic carbocycles. The summed E-state index contributed by atoms with van der Waals surface area (Å²) in [6.45, 7) is 6.13. The highest BCUT2D eigenvalue weighted by molar-refractivity contribution is 6.33. The van der Waals surface area contributed by atoms with Gasteiger partial charge in [-0.05, 0) is 46.1 Å². The monoisotopic (exact) mass is 282 g/mol. The van der Waals surface area contributed by atoms with E-state index in [1.165, 1.54) is 0 Å². The lowest BCUT2D eigenvalue weighted by Gasteiger charge is -2.32. The van der Waals surface area contributed by atoms with Crippen molar-refractivity contribution in [2.24, 2.45) is 5.73 Å². The molecule has 106 valence electrons. The number of benzene rings is 1. The Morgan fingerprint density at radius 2 is 2.05 bits per heavy atom. The third-order valence-electron chi connectivity index (χ3n) is 3.07. The number of likely N-dealkylation sites (N-methyl/N-ethyl adjacent to an activating group) is 2. The Kier molecular flexibility index (Phi) is 5.63. The van der Waals surface area contributed by atoms with Gasteiger partial charge < -0.3 is 15.5 Å². The van der Waals surface area contributed by atoms with E-state index >= 15 is 0 Å². The van der Waals surface area contributed by atoms with Crippen molar-refractivity contribution in [3.05, 3.63) is 28.8 Å². The number of nitrogens with zero attached hydrogens (tertiary/aromatic N) is 2. The number of halogens is 1. The van der Waals surface area contributed by atoms with Crippen molar-refractivity contribution in [2.45, 2.75) is 19.9 Å². The van der Waals surface area contributed by atoms with Gasteiger partial charge in [-0.15, -0.1) is 0 Å². The first-order valence-electron chi connectivity index (χ1n) is 6.42. The fourth-order valence-electron chi connectivity index (χ4n) is 2.25. The Morgan fingerprint density at radius 3 is 2.47 bits per heavy atom. The van der Waals surface area contributed by atoms with Crippen molar-refractivity contribution < 1.29 is 0 Å². The predicted molar refractivity (Wildman–Crippen MR) is 83.5 cm³/mol. The molecule has 4 nitrogen and oxygen atoms in total. The second-order valence-electron chi connectivity index (χ2n) is 4.98. The van der Waals surface area contributed by atoms with Gasteiger partial charge in [-0.3, -0.25) is 5.41 Å². The average molecular weight is 283 g/mol. The van der Waals surface area contributed by atoms with Crippen LogP contribution in [0.4, 0.5) is 5.69 Å². The molecule has 1 atom stereocenters. The third-order valence-corrected chi connectivity index (χ3v) is 3.37. The summed E-state index contributed by atoms with van der Waals surface area (Å²) < 4.78 is 0. The summed E-state index contributed by atoms with van der Waals surface area (Å²) in [7, 11) is 4.12. The van der Waals surface area contributed by atoms with Crippen molar-refractivity contribution in [1.29, 1.82) is 5.41 Å². The average Bonchev–Trinajstić information content (AvgIpc) is 2.30. The van der Waals surface area contributed by atoms with Gasteiger partial charge in [-0.2, -0.15) is 0 Å². The number of hydrogen-bond donors (Lipinski definition) is 2. The van der Waals surface area contributed by atoms with Crippen LogP contribution in [0.5, 0.6) is 0 Å². The molecule has 0 saturated carbocycles. The Balaban J connectivity index is 3.02. The molecule has 0 radical (unpaired) electrons. The number of nitrogens with two attached hydrogens (primary N) is 1. The highest BCUT2D eigenvalue weighted by atomic mass is 35.5. The summed E-state index contributed by atoms with van der Waals surface area (Å²) in [6, 6.07) is 5.90. The van der Waals surface area contributed by atoms with Crippen LogP contribution in [0.25, 0.3) is 0 Å². The van der Waals surface area contributed by atoms with E-state index in [1.807, 2.05) is 12.1 Å². The van der Waals surface area contributed by atoms with Crippen LogP contribution in [0.2, 0.25) is 5.02 Å². The molecule has 1 aromatic rings. The van der Waals surface area contributed by atoms with E-state index in [4.69, 9.17) is 22.7 Å². The maximum absolute atomic E-state index is 7.43. The minimum absolute atomic E-state index is 0.0397. The molecule has 1 rings (SSSR count). The number of amidine groups is 1. The Hall–Kier alpha value is -1.26. The van der Waals surface area contributed by atoms with Crippen molar-refractivity contribution in [2.75, 3.05) is 32.1 Å². The molecule has 0 saturated heterocycles. The van der Waals surface area contributed by atoms with E-state index in [1.54, 1.807) is 6.07 Å². The molecule has 0 heterocycles. The molecular formula is C14H23ClN4. The van der Waals surface area contributed by atoms with Gasteiger partial charge in [0, 0.05) is 24.7 Å². The van der Waals surface area contributed by atoms with Crippen LogP contribution >= 0.6 is 11.6 Å². The molecular weight excluding hydrogens is 260 g/mol. The highest BCUT2D eigenvalue weighted by Crippen LogP contribution is 2.28. The maximum atomic E-state index is 7.43. The fraction of sp³-hybridized carbons (Fsp3) is 0.500. The van der Waals surface area contributed by atoms with Crippen LogP contribution in [-0.2, 0) is 0 Å². The van der Waals surface area contributed by atoms with Gasteiger partial charge in [0.25, 0.3) is 0 Å². The molecule has 1 unspecified atom stereocenters. The fourth-order valence-corrected chi connectivity index (χ4v) is 2.54. The first-order chi connectivity index (χ1) is 8.86. The number of nitrogen functional groups attached to an aromatic ring is 1. The normalized spacial score (nSPS) is 12.5. The molecule has 0 aliphatic rings. The lowest BCUT2D eigenvalue weighted by atomic mass is 10.1. The van der Waals surface area contributed by atoms with Crippen molar-refractivity contribution in [1.82, 2.24) is 4.90 Å². The van der Waals surface area contributed by atoms with Crippen LogP contribution < -0.4 is 10.6 Å². The molecule has 0 amide bonds. The minimum Gasteiger partial charge on any atom is -0.384 e. The van der Waals surface area contributed by atoms with Crippen LogP contribution in [0.15, 0.2) is 18.2 Å². The molecule has 0 bridgehead atoms. The molecule has 19 heavy (non-hydrogen) atoms. The van der Waals surface area contributed by atoms with Gasteiger partial charge in [0.05, 0.1) is 10.7 Å². The maximum Gasteiger partial charge on any atom is 0.122 e. The van der Waals surface area contributed by atoms with Gasteiger partial charge in [0.2, 0.25) is 0 Å². The van der Waals surface area contributed by atoms with Crippen LogP contribution in [0.1, 0.15) is 19.4 Å². The molecule has 1 aromatic carbocycles. The van der Waals surface area contributed by atoms with Crippen molar-refractivity contribution in [3.8, 4) is 0 Å². The van der Waals surface area contributed by atoms with Crippen LogP contribution in [-0.4, -0.2) is 44.0 Å². The zero-order chi connectivity index (χ0) is 14.6. The quantitative estimate of drug-likeness (QED) is 0.622. The number of anilines is 1. The third kappa shape index (κ3) is 4.11. The first-order valence-corrected chi connectivity index (χ1v) is 6.80. The van der Waals surface area contributed by atoms with E-state index < -0.39 is 0 Å². The van der Waals surface area contributed by atoms with E-state index in [-0.39, 0.29) is 5.84 Å². The number of hydrogen-bond acceptors (Lipinski definition) is 3. The number of rotatable bonds is 6. The Bertz CT molecular complexity index is 445. The molecule has 5 heteroatoms. The molecule has 3 N–H and O–H groups in total. The van der Waals surface area contributed by atoms with E-state index in [0.29, 0.717) is 16.6 Å². The predicted octanol–water partition coefficient (Wildman–Crippen LogP) is 2.40. The van der Waals surface area contributed by atoms with Gasteiger partial charge >= 0.3 is 0 Å². The zero-order valence-electron chi connectivity index (χ0n) is 12.1. The zero-order valence-corrected chi connectivity index (χ0v) is 12.8. The van der Waals surface area contributed by atoms with Gasteiger partial charge in [0.15, 0.2) is 0 Å². The lowest BCUT2D eigenvalue weighted by molar-refractivity contribution is 0.373. The van der Waals surface area contributed by atoms with E-state index in [9.17, 15) is 0 Å². The summed E-state index contributed by atoms with van der Waals surface area (Å²) in [4.78, 5) is 4.41. The van der Waals surface area contributed by atoms with Crippen molar-refractivity contribution in [3.63, 3.8) is 0 Å². The Labute approximate surface area is 120 Å². The topological polar surface area (TPSA) is 56.4 Å². The minimum atomic E-state index is 0.0397. The second kappa shape index (κ2) is 6.78. The standard InChI is InChI=1S/C14H23ClN4/c1-5-19(10(2)9-18(3)4)13-7-6-11(14(16)17)8-12(13)15/h6-8,10H,5,9H2,1-4H3,(H3,16,17). The van der Waals surface area contributed by atoms with Crippen molar-refractivity contribution >= 4 is 23.1 Å². The van der Waals surface area contributed by atoms with E-state index in [0.717, 1.165) is 18.8 Å². The van der Waals surface area contributed by atoms with Crippen LogP contribution in [0, 0.1) is 5.41 Å². The SMILES string of the molecule is CCN(c1ccc(C(=N)N)cc1Cl)C(C)CN(C)C. The molecule has 0 fully saturated rings. The molecule has 0 spiro atoms.